The van der Waals surface area contributed by atoms with E-state index in [0.717, 1.165) is 6.92 Å². The number of aliphatic carboxylic acids is 2. The lowest BCUT2D eigenvalue weighted by Crippen LogP contribution is -2.62. The second-order valence-electron chi connectivity index (χ2n) is 18.8. The highest BCUT2D eigenvalue weighted by Crippen LogP contribution is 2.14. The Morgan fingerprint density at radius 1 is 0.627 bits per heavy atom. The van der Waals surface area contributed by atoms with Crippen molar-refractivity contribution >= 4 is 71.1 Å². The van der Waals surface area contributed by atoms with Gasteiger partial charge in [0.25, 0.3) is 0 Å². The van der Waals surface area contributed by atoms with Gasteiger partial charge in [-0.25, -0.2) is 4.79 Å². The number of hydrogen-bond acceptors (Lipinski definition) is 15. The summed E-state index contributed by atoms with van der Waals surface area (Å²) >= 11 is 0. The summed E-state index contributed by atoms with van der Waals surface area (Å²) in [6.07, 6.45) is -3.28. The summed E-state index contributed by atoms with van der Waals surface area (Å²) in [5.41, 5.74) is 22.5. The molecule has 20 N–H and O–H groups in total. The van der Waals surface area contributed by atoms with Gasteiger partial charge in [0.15, 0.2) is 5.96 Å². The third-order valence-electron chi connectivity index (χ3n) is 11.5. The van der Waals surface area contributed by atoms with E-state index in [9.17, 15) is 73.2 Å². The molecule has 0 fully saturated rings. The van der Waals surface area contributed by atoms with Gasteiger partial charge < -0.3 is 85.9 Å². The fraction of sp³-hybridized carbons (Fsp3) is 0.617. The van der Waals surface area contributed by atoms with Crippen LogP contribution in [0.4, 0.5) is 0 Å². The quantitative estimate of drug-likeness (QED) is 0.0177. The maximum atomic E-state index is 14.2. The summed E-state index contributed by atoms with van der Waals surface area (Å²) in [5, 5.41) is 58.7. The summed E-state index contributed by atoms with van der Waals surface area (Å²) in [5.74, 6) is -13.2. The zero-order chi connectivity index (χ0) is 57.3. The van der Waals surface area contributed by atoms with Crippen molar-refractivity contribution in [3.05, 3.63) is 29.8 Å². The number of phenols is 1. The van der Waals surface area contributed by atoms with Gasteiger partial charge in [-0.15, -0.1) is 0 Å². The van der Waals surface area contributed by atoms with Crippen LogP contribution in [0.2, 0.25) is 0 Å². The number of rotatable bonds is 34. The number of amides is 9. The normalized spacial score (nSPS) is 15.1. The van der Waals surface area contributed by atoms with Gasteiger partial charge in [-0.05, 0) is 68.1 Å². The molecule has 0 heterocycles. The van der Waals surface area contributed by atoms with Crippen LogP contribution in [0.25, 0.3) is 0 Å². The van der Waals surface area contributed by atoms with E-state index in [-0.39, 0.29) is 62.2 Å². The first-order chi connectivity index (χ1) is 35.0. The first-order valence-electron chi connectivity index (χ1n) is 24.4. The maximum Gasteiger partial charge on any atom is 0.326 e. The molecule has 28 nitrogen and oxygen atoms in total. The van der Waals surface area contributed by atoms with Crippen LogP contribution in [-0.2, 0) is 59.2 Å². The molecule has 0 aliphatic heterocycles. The van der Waals surface area contributed by atoms with Gasteiger partial charge in [-0.1, -0.05) is 60.1 Å². The number of nitrogens with one attached hydrogen (secondary N) is 8. The second kappa shape index (κ2) is 32.5. The number of carbonyl (C=O) groups excluding carboxylic acids is 9. The predicted molar refractivity (Wildman–Crippen MR) is 270 cm³/mol. The van der Waals surface area contributed by atoms with Crippen LogP contribution < -0.4 is 65.5 Å². The smallest absolute Gasteiger partial charge is 0.326 e. The molecule has 0 aliphatic carbocycles. The predicted octanol–water partition coefficient (Wildman–Crippen LogP) is -4.22. The number of carbonyl (C=O) groups is 11. The number of nitrogens with zero attached hydrogens (tertiary/aromatic N) is 1. The van der Waals surface area contributed by atoms with Crippen LogP contribution in [-0.4, -0.2) is 159 Å². The molecular weight excluding hydrogens is 987 g/mol. The summed E-state index contributed by atoms with van der Waals surface area (Å²) < 4.78 is 0. The zero-order valence-electron chi connectivity index (χ0n) is 43.3. The Bertz CT molecular complexity index is 2170. The third-order valence-corrected chi connectivity index (χ3v) is 11.5. The Hall–Kier alpha value is -7.62. The van der Waals surface area contributed by atoms with E-state index in [1.807, 2.05) is 0 Å². The largest absolute Gasteiger partial charge is 0.508 e. The number of phenolic OH excluding ortho intramolecular Hbond substituents is 1. The van der Waals surface area contributed by atoms with E-state index in [1.165, 1.54) is 24.3 Å². The number of aromatic hydroxyl groups is 1. The number of nitrogens with two attached hydrogens (primary N) is 4. The lowest BCUT2D eigenvalue weighted by atomic mass is 9.98. The van der Waals surface area contributed by atoms with Crippen molar-refractivity contribution in [3.63, 3.8) is 0 Å². The average molecular weight is 1060 g/mol. The third kappa shape index (κ3) is 24.8. The van der Waals surface area contributed by atoms with Crippen LogP contribution >= 0.6 is 0 Å². The molecule has 0 saturated heterocycles. The van der Waals surface area contributed by atoms with Gasteiger partial charge in [-0.2, -0.15) is 0 Å². The van der Waals surface area contributed by atoms with Crippen LogP contribution in [0.1, 0.15) is 99.0 Å². The minimum atomic E-state index is -1.83. The highest BCUT2D eigenvalue weighted by molar-refractivity contribution is 5.99. The fourth-order valence-electron chi connectivity index (χ4n) is 7.05. The second-order valence-corrected chi connectivity index (χ2v) is 18.8. The summed E-state index contributed by atoms with van der Waals surface area (Å²) in [4.78, 5) is 148. The lowest BCUT2D eigenvalue weighted by Gasteiger charge is -2.29. The van der Waals surface area contributed by atoms with E-state index in [2.05, 4.69) is 47.5 Å². The highest BCUT2D eigenvalue weighted by atomic mass is 16.4. The van der Waals surface area contributed by atoms with E-state index >= 15 is 0 Å². The molecule has 1 rings (SSSR count). The van der Waals surface area contributed by atoms with Gasteiger partial charge in [0.2, 0.25) is 53.2 Å². The van der Waals surface area contributed by atoms with Gasteiger partial charge in [-0.3, -0.25) is 52.9 Å². The molecule has 28 heteroatoms. The van der Waals surface area contributed by atoms with Crippen molar-refractivity contribution in [3.8, 4) is 5.75 Å². The topological polar surface area (TPSA) is 481 Å². The molecule has 10 atom stereocenters. The highest BCUT2D eigenvalue weighted by Gasteiger charge is 2.36. The molecule has 0 aromatic heterocycles. The van der Waals surface area contributed by atoms with Crippen LogP contribution in [0.5, 0.6) is 5.75 Å². The van der Waals surface area contributed by atoms with Crippen molar-refractivity contribution in [2.24, 2.45) is 45.7 Å². The van der Waals surface area contributed by atoms with Crippen molar-refractivity contribution in [1.29, 1.82) is 0 Å². The Morgan fingerprint density at radius 3 is 1.67 bits per heavy atom. The van der Waals surface area contributed by atoms with Crippen LogP contribution in [0.3, 0.4) is 0 Å². The van der Waals surface area contributed by atoms with E-state index in [1.54, 1.807) is 41.5 Å². The number of hydrogen-bond donors (Lipinski definition) is 16. The molecule has 0 spiro atoms. The van der Waals surface area contributed by atoms with E-state index < -0.39 is 145 Å². The molecule has 0 unspecified atom stereocenters. The summed E-state index contributed by atoms with van der Waals surface area (Å²) in [7, 11) is 0. The van der Waals surface area contributed by atoms with Gasteiger partial charge in [0.05, 0.1) is 25.1 Å². The zero-order valence-corrected chi connectivity index (χ0v) is 43.3. The molecule has 1 aromatic rings. The number of carboxylic acid groups (broad SMARTS) is 2. The van der Waals surface area contributed by atoms with Crippen molar-refractivity contribution < 1.29 is 73.2 Å². The molecule has 0 aliphatic rings. The minimum Gasteiger partial charge on any atom is -0.508 e. The standard InChI is InChI=1S/C47H77N13O15/c1-8-24(6)36(49)44(72)56-29(15-16-35(65)66)39(67)53-21-34(64)54-32(20-33(48)63)42(70)57-31(19-26-11-13-27(62)14-12-26)43(71)60-38(25(7)61)45(73)58-30(18-22(2)3)41(69)55-28(10-9-17-52-47(50)51)40(68)59-37(23(4)5)46(74)75/h11-14,22-25,28-32,36-38,61-62H,8-10,15-21,49H2,1-7H3,(H2,48,63)(H,53,67)(H,54,64)(H,55,69)(H,56,72)(H,57,70)(H,58,73)(H,59,68)(H,60,71)(H,65,66)(H,74,75)(H4,50,51,52)/t24-,25+,28-,29-,30-,31-,32-,36-,37-,38-/m0/s1. The van der Waals surface area contributed by atoms with Gasteiger partial charge in [0.1, 0.15) is 48.0 Å². The van der Waals surface area contributed by atoms with E-state index in [4.69, 9.17) is 22.9 Å². The number of aliphatic imine (C=N–C) groups is 1. The molecule has 0 bridgehead atoms. The first kappa shape index (κ1) is 65.4. The van der Waals surface area contributed by atoms with Gasteiger partial charge in [0, 0.05) is 19.4 Å². The van der Waals surface area contributed by atoms with Crippen molar-refractivity contribution in [2.75, 3.05) is 13.1 Å². The number of aliphatic hydroxyl groups excluding tert-OH is 1. The molecule has 75 heavy (non-hydrogen) atoms. The van der Waals surface area contributed by atoms with Gasteiger partial charge >= 0.3 is 11.9 Å². The molecule has 1 aromatic carbocycles. The lowest BCUT2D eigenvalue weighted by molar-refractivity contribution is -0.143. The minimum absolute atomic E-state index is 0.0439. The maximum absolute atomic E-state index is 14.2. The van der Waals surface area contributed by atoms with Crippen LogP contribution in [0, 0.1) is 17.8 Å². The molecule has 420 valence electrons. The number of aliphatic hydroxyl groups is 1. The molecule has 0 saturated carbocycles. The Balaban J connectivity index is 3.47. The average Bonchev–Trinajstić information content (AvgIpc) is 3.32. The summed E-state index contributed by atoms with van der Waals surface area (Å²) in [6, 6.07) is -6.56. The molecular formula is C47H77N13O15. The number of primary amides is 1. The Morgan fingerprint density at radius 2 is 1.15 bits per heavy atom. The Kier molecular flexibility index (Phi) is 28.4. The molecule has 0 radical (unpaired) electrons. The number of benzene rings is 1. The van der Waals surface area contributed by atoms with Crippen molar-refractivity contribution in [1.82, 2.24) is 42.5 Å². The number of carboxylic acids is 2. The van der Waals surface area contributed by atoms with Crippen LogP contribution in [0.15, 0.2) is 29.3 Å². The molecule has 9 amide bonds. The number of guanidine groups is 1. The SMILES string of the molecule is CC[C@H](C)[C@H](N)C(=O)N[C@@H](CCC(=O)O)C(=O)NCC(=O)N[C@@H](CC(N)=O)C(=O)N[C@@H](Cc1ccc(O)cc1)C(=O)N[C@H](C(=O)N[C@@H](CC(C)C)C(=O)N[C@@H](CCCN=C(N)N)C(=O)N[C@H](C(=O)O)C(C)C)[C@@H](C)O. The van der Waals surface area contributed by atoms with E-state index in [0.29, 0.717) is 12.0 Å². The summed E-state index contributed by atoms with van der Waals surface area (Å²) in [6.45, 7) is 10.4. The first-order valence-corrected chi connectivity index (χ1v) is 24.4. The van der Waals surface area contributed by atoms with Crippen molar-refractivity contribution in [2.45, 2.75) is 154 Å². The fourth-order valence-corrected chi connectivity index (χ4v) is 7.05. The Labute approximate surface area is 434 Å². The monoisotopic (exact) mass is 1060 g/mol.